The number of aromatic amines is 1. The van der Waals surface area contributed by atoms with Crippen molar-refractivity contribution in [1.82, 2.24) is 25.4 Å². The average molecular weight is 434 g/mol. The molecule has 0 radical (unpaired) electrons. The zero-order valence-corrected chi connectivity index (χ0v) is 17.9. The second-order valence-electron chi connectivity index (χ2n) is 7.96. The molecule has 1 aromatic heterocycles. The van der Waals surface area contributed by atoms with Gasteiger partial charge in [0.25, 0.3) is 0 Å². The fourth-order valence-corrected chi connectivity index (χ4v) is 4.32. The molecule has 2 aromatic rings. The number of carbonyl (C=O) groups excluding carboxylic acids is 2. The normalized spacial score (nSPS) is 22.1. The van der Waals surface area contributed by atoms with Crippen molar-refractivity contribution >= 4 is 34.4 Å². The Bertz CT molecular complexity index is 911. The van der Waals surface area contributed by atoms with E-state index in [1.54, 1.807) is 11.9 Å². The lowest BCUT2D eigenvalue weighted by Gasteiger charge is -2.39. The van der Waals surface area contributed by atoms with Gasteiger partial charge in [0.05, 0.1) is 25.8 Å². The number of ether oxygens (including phenoxy) is 1. The summed E-state index contributed by atoms with van der Waals surface area (Å²) in [5, 5.41) is 7.88. The Hall–Kier alpha value is -2.29. The van der Waals surface area contributed by atoms with Crippen LogP contribution in [0.2, 0.25) is 5.02 Å². The van der Waals surface area contributed by atoms with Gasteiger partial charge in [0.15, 0.2) is 0 Å². The molecule has 3 amide bonds. The number of carbonyl (C=O) groups is 2. The van der Waals surface area contributed by atoms with Gasteiger partial charge in [-0.2, -0.15) is 0 Å². The minimum Gasteiger partial charge on any atom is -0.378 e. The van der Waals surface area contributed by atoms with Crippen molar-refractivity contribution in [1.29, 1.82) is 0 Å². The van der Waals surface area contributed by atoms with Crippen LogP contribution in [0.1, 0.15) is 18.5 Å². The summed E-state index contributed by atoms with van der Waals surface area (Å²) in [5.41, 5.74) is 1.90. The third-order valence-electron chi connectivity index (χ3n) is 5.86. The maximum atomic E-state index is 12.8. The number of H-pyrrole nitrogens is 1. The van der Waals surface area contributed by atoms with Crippen molar-refractivity contribution in [2.24, 2.45) is 0 Å². The molecule has 4 rings (SSSR count). The topological polar surface area (TPSA) is 89.7 Å². The highest BCUT2D eigenvalue weighted by Crippen LogP contribution is 2.20. The predicted octanol–water partition coefficient (Wildman–Crippen LogP) is 1.94. The van der Waals surface area contributed by atoms with Crippen molar-refractivity contribution in [2.75, 3.05) is 39.9 Å². The minimum atomic E-state index is -0.285. The molecule has 162 valence electrons. The Morgan fingerprint density at radius 2 is 2.23 bits per heavy atom. The SMILES string of the molecule is CN(C(=O)NCc1cc2cc(Cl)ccc2[nH]1)[C@@H]1CCCN(C(=O)C2COCCN2)C1. The lowest BCUT2D eigenvalue weighted by Crippen LogP contribution is -2.58. The Morgan fingerprint density at radius 3 is 3.03 bits per heavy atom. The van der Waals surface area contributed by atoms with Gasteiger partial charge in [0.1, 0.15) is 6.04 Å². The average Bonchev–Trinajstić information content (AvgIpc) is 3.19. The smallest absolute Gasteiger partial charge is 0.317 e. The summed E-state index contributed by atoms with van der Waals surface area (Å²) < 4.78 is 5.41. The Balaban J connectivity index is 1.31. The fraction of sp³-hybridized carbons (Fsp3) is 0.524. The summed E-state index contributed by atoms with van der Waals surface area (Å²) in [4.78, 5) is 32.3. The van der Waals surface area contributed by atoms with E-state index in [9.17, 15) is 9.59 Å². The first-order chi connectivity index (χ1) is 14.5. The number of piperidine rings is 1. The number of amides is 3. The number of halogens is 1. The highest BCUT2D eigenvalue weighted by atomic mass is 35.5. The molecule has 9 heteroatoms. The van der Waals surface area contributed by atoms with Crippen LogP contribution in [0.25, 0.3) is 10.9 Å². The van der Waals surface area contributed by atoms with E-state index >= 15 is 0 Å². The molecule has 0 saturated carbocycles. The summed E-state index contributed by atoms with van der Waals surface area (Å²) in [7, 11) is 1.79. The van der Waals surface area contributed by atoms with Gasteiger partial charge in [-0.15, -0.1) is 0 Å². The van der Waals surface area contributed by atoms with E-state index in [1.165, 1.54) is 0 Å². The first kappa shape index (κ1) is 21.0. The largest absolute Gasteiger partial charge is 0.378 e. The number of benzene rings is 1. The number of nitrogens with one attached hydrogen (secondary N) is 3. The minimum absolute atomic E-state index is 0.00581. The molecular formula is C21H28ClN5O3. The molecule has 8 nitrogen and oxygen atoms in total. The van der Waals surface area contributed by atoms with E-state index in [4.69, 9.17) is 16.3 Å². The summed E-state index contributed by atoms with van der Waals surface area (Å²) >= 11 is 6.04. The molecule has 1 unspecified atom stereocenters. The predicted molar refractivity (Wildman–Crippen MR) is 116 cm³/mol. The van der Waals surface area contributed by atoms with Crippen LogP contribution in [0.5, 0.6) is 0 Å². The van der Waals surface area contributed by atoms with Crippen LogP contribution >= 0.6 is 11.6 Å². The molecule has 30 heavy (non-hydrogen) atoms. The monoisotopic (exact) mass is 433 g/mol. The first-order valence-corrected chi connectivity index (χ1v) is 10.8. The fourth-order valence-electron chi connectivity index (χ4n) is 4.14. The van der Waals surface area contributed by atoms with Gasteiger partial charge >= 0.3 is 6.03 Å². The molecule has 1 aromatic carbocycles. The van der Waals surface area contributed by atoms with Crippen molar-refractivity contribution in [2.45, 2.75) is 31.5 Å². The van der Waals surface area contributed by atoms with Gasteiger partial charge in [-0.05, 0) is 37.1 Å². The van der Waals surface area contributed by atoms with Crippen LogP contribution in [0.4, 0.5) is 4.79 Å². The van der Waals surface area contributed by atoms with Gasteiger partial charge in [0.2, 0.25) is 5.91 Å². The molecule has 2 aliphatic heterocycles. The number of rotatable bonds is 4. The molecule has 3 heterocycles. The number of hydrogen-bond acceptors (Lipinski definition) is 4. The third-order valence-corrected chi connectivity index (χ3v) is 6.10. The standard InChI is InChI=1S/C21H28ClN5O3/c1-26(17-3-2-7-27(12-17)20(28)19-13-30-8-6-23-19)21(29)24-11-16-10-14-9-15(22)4-5-18(14)25-16/h4-5,9-10,17,19,23,25H,2-3,6-8,11-13H2,1H3,(H,24,29)/t17-,19?/m1/s1. The van der Waals surface area contributed by atoms with Crippen LogP contribution in [0.3, 0.4) is 0 Å². The number of fused-ring (bicyclic) bond motifs is 1. The maximum Gasteiger partial charge on any atom is 0.317 e. The van der Waals surface area contributed by atoms with Crippen LogP contribution in [-0.2, 0) is 16.1 Å². The molecule has 0 aliphatic carbocycles. The molecular weight excluding hydrogens is 406 g/mol. The van der Waals surface area contributed by atoms with Crippen LogP contribution in [0.15, 0.2) is 24.3 Å². The number of morpholine rings is 1. The Kier molecular flexibility index (Phi) is 6.46. The summed E-state index contributed by atoms with van der Waals surface area (Å²) in [6.07, 6.45) is 1.76. The zero-order chi connectivity index (χ0) is 21.1. The van der Waals surface area contributed by atoms with Crippen molar-refractivity contribution in [3.8, 4) is 0 Å². The number of aromatic nitrogens is 1. The van der Waals surface area contributed by atoms with E-state index in [0.717, 1.165) is 36.0 Å². The summed E-state index contributed by atoms with van der Waals surface area (Å²) in [6, 6.07) is 7.20. The molecule has 2 saturated heterocycles. The van der Waals surface area contributed by atoms with E-state index in [-0.39, 0.29) is 24.0 Å². The number of urea groups is 1. The number of hydrogen-bond donors (Lipinski definition) is 3. The van der Waals surface area contributed by atoms with Crippen molar-refractivity contribution in [3.05, 3.63) is 35.0 Å². The molecule has 0 spiro atoms. The maximum absolute atomic E-state index is 12.8. The van der Waals surface area contributed by atoms with Crippen molar-refractivity contribution < 1.29 is 14.3 Å². The van der Waals surface area contributed by atoms with Gasteiger partial charge in [-0.1, -0.05) is 11.6 Å². The van der Waals surface area contributed by atoms with Gasteiger partial charge in [-0.25, -0.2) is 4.79 Å². The van der Waals surface area contributed by atoms with E-state index in [1.807, 2.05) is 29.2 Å². The van der Waals surface area contributed by atoms with E-state index < -0.39 is 0 Å². The highest BCUT2D eigenvalue weighted by Gasteiger charge is 2.32. The quantitative estimate of drug-likeness (QED) is 0.687. The molecule has 2 atom stereocenters. The molecule has 2 fully saturated rings. The van der Waals surface area contributed by atoms with Gasteiger partial charge in [-0.3, -0.25) is 4.79 Å². The third kappa shape index (κ3) is 4.71. The van der Waals surface area contributed by atoms with Gasteiger partial charge < -0.3 is 30.2 Å². The highest BCUT2D eigenvalue weighted by molar-refractivity contribution is 6.31. The second kappa shape index (κ2) is 9.24. The Morgan fingerprint density at radius 1 is 1.37 bits per heavy atom. The van der Waals surface area contributed by atoms with Crippen LogP contribution < -0.4 is 10.6 Å². The number of nitrogens with zero attached hydrogens (tertiary/aromatic N) is 2. The lowest BCUT2D eigenvalue weighted by atomic mass is 10.0. The Labute approximate surface area is 180 Å². The van der Waals surface area contributed by atoms with Crippen molar-refractivity contribution in [3.63, 3.8) is 0 Å². The lowest BCUT2D eigenvalue weighted by molar-refractivity contribution is -0.138. The number of likely N-dealkylation sites (tertiary alicyclic amines) is 1. The zero-order valence-electron chi connectivity index (χ0n) is 17.1. The van der Waals surface area contributed by atoms with Crippen LogP contribution in [0, 0.1) is 0 Å². The van der Waals surface area contributed by atoms with Gasteiger partial charge in [0, 0.05) is 48.3 Å². The summed E-state index contributed by atoms with van der Waals surface area (Å²) in [6.45, 7) is 3.40. The van der Waals surface area contributed by atoms with E-state index in [2.05, 4.69) is 15.6 Å². The molecule has 2 aliphatic rings. The second-order valence-corrected chi connectivity index (χ2v) is 8.39. The summed E-state index contributed by atoms with van der Waals surface area (Å²) in [5.74, 6) is 0.0601. The molecule has 3 N–H and O–H groups in total. The first-order valence-electron chi connectivity index (χ1n) is 10.4. The van der Waals surface area contributed by atoms with Crippen LogP contribution in [-0.4, -0.2) is 78.7 Å². The van der Waals surface area contributed by atoms with E-state index in [0.29, 0.717) is 37.9 Å². The number of likely N-dealkylation sites (N-methyl/N-ethyl adjacent to an activating group) is 1. The molecule has 0 bridgehead atoms.